The smallest absolute Gasteiger partial charge is 0.0301 e. The van der Waals surface area contributed by atoms with Crippen molar-refractivity contribution in [3.63, 3.8) is 0 Å². The van der Waals surface area contributed by atoms with Gasteiger partial charge in [-0.15, -0.1) is 0 Å². The summed E-state index contributed by atoms with van der Waals surface area (Å²) in [5, 5.41) is 0. The summed E-state index contributed by atoms with van der Waals surface area (Å²) in [6, 6.07) is 0. The van der Waals surface area contributed by atoms with E-state index in [1.165, 1.54) is 11.1 Å². The van der Waals surface area contributed by atoms with Gasteiger partial charge in [-0.25, -0.2) is 0 Å². The molecule has 12 heavy (non-hydrogen) atoms. The zero-order valence-corrected chi connectivity index (χ0v) is 8.76. The Hall–Kier alpha value is -0.850. The number of aliphatic imine (C=N–C) groups is 1. The van der Waals surface area contributed by atoms with Crippen LogP contribution in [0.2, 0.25) is 0 Å². The van der Waals surface area contributed by atoms with Crippen molar-refractivity contribution in [2.24, 2.45) is 10.9 Å². The van der Waals surface area contributed by atoms with Crippen LogP contribution >= 0.6 is 0 Å². The van der Waals surface area contributed by atoms with E-state index in [0.717, 1.165) is 0 Å². The van der Waals surface area contributed by atoms with E-state index in [4.69, 9.17) is 0 Å². The fourth-order valence-corrected chi connectivity index (χ4v) is 1.06. The van der Waals surface area contributed by atoms with Crippen LogP contribution in [0.25, 0.3) is 0 Å². The molecular weight excluding hydrogens is 146 g/mol. The summed E-state index contributed by atoms with van der Waals surface area (Å²) in [7, 11) is 0. The molecule has 0 N–H and O–H groups in total. The molecule has 0 heterocycles. The Morgan fingerprint density at radius 1 is 1.25 bits per heavy atom. The monoisotopic (exact) mass is 165 g/mol. The zero-order valence-electron chi connectivity index (χ0n) is 8.76. The van der Waals surface area contributed by atoms with E-state index in [2.05, 4.69) is 32.7 Å². The zero-order chi connectivity index (χ0) is 9.56. The minimum absolute atomic E-state index is 0.559. The third-order valence-electron chi connectivity index (χ3n) is 1.65. The lowest BCUT2D eigenvalue weighted by molar-refractivity contribution is 0.795. The maximum absolute atomic E-state index is 4.17. The van der Waals surface area contributed by atoms with Crippen molar-refractivity contribution >= 4 is 6.21 Å². The highest BCUT2D eigenvalue weighted by molar-refractivity contribution is 5.80. The molecule has 1 heteroatoms. The second-order valence-corrected chi connectivity index (χ2v) is 3.37. The van der Waals surface area contributed by atoms with Gasteiger partial charge in [0.2, 0.25) is 0 Å². The Labute approximate surface area is 75.9 Å². The molecule has 1 nitrogen and oxygen atoms in total. The SMILES string of the molecule is C/C=C\N=CC(=C(C)C)C(C)C. The third-order valence-corrected chi connectivity index (χ3v) is 1.65. The lowest BCUT2D eigenvalue weighted by Crippen LogP contribution is -1.97. The average molecular weight is 165 g/mol. The fourth-order valence-electron chi connectivity index (χ4n) is 1.06. The van der Waals surface area contributed by atoms with E-state index in [1.807, 2.05) is 25.4 Å². The van der Waals surface area contributed by atoms with Gasteiger partial charge in [0.15, 0.2) is 0 Å². The van der Waals surface area contributed by atoms with E-state index in [0.29, 0.717) is 5.92 Å². The van der Waals surface area contributed by atoms with Gasteiger partial charge in [0.1, 0.15) is 0 Å². The standard InChI is InChI=1S/C11H19N/c1-6-7-12-8-11(9(2)3)10(4)5/h6-9H,1-5H3/b7-6-,12-8?. The van der Waals surface area contributed by atoms with Crippen molar-refractivity contribution in [3.05, 3.63) is 23.4 Å². The predicted molar refractivity (Wildman–Crippen MR) is 56.5 cm³/mol. The molecule has 0 aromatic heterocycles. The molecule has 0 saturated heterocycles. The highest BCUT2D eigenvalue weighted by atomic mass is 14.7. The maximum Gasteiger partial charge on any atom is 0.0301 e. The van der Waals surface area contributed by atoms with Crippen LogP contribution in [0.1, 0.15) is 34.6 Å². The summed E-state index contributed by atoms with van der Waals surface area (Å²) in [5.41, 5.74) is 2.67. The molecule has 0 fully saturated rings. The van der Waals surface area contributed by atoms with Crippen LogP contribution in [0.3, 0.4) is 0 Å². The fraction of sp³-hybridized carbons (Fsp3) is 0.545. The van der Waals surface area contributed by atoms with E-state index in [1.54, 1.807) is 0 Å². The molecular formula is C11H19N. The van der Waals surface area contributed by atoms with Crippen molar-refractivity contribution in [2.45, 2.75) is 34.6 Å². The number of hydrogen-bond acceptors (Lipinski definition) is 1. The molecule has 0 aromatic rings. The summed E-state index contributed by atoms with van der Waals surface area (Å²) in [5.74, 6) is 0.559. The van der Waals surface area contributed by atoms with Gasteiger partial charge in [0, 0.05) is 12.4 Å². The van der Waals surface area contributed by atoms with Crippen molar-refractivity contribution in [3.8, 4) is 0 Å². The summed E-state index contributed by atoms with van der Waals surface area (Å²) >= 11 is 0. The van der Waals surface area contributed by atoms with E-state index >= 15 is 0 Å². The second-order valence-electron chi connectivity index (χ2n) is 3.37. The molecule has 0 rings (SSSR count). The van der Waals surface area contributed by atoms with Crippen LogP contribution in [-0.4, -0.2) is 6.21 Å². The van der Waals surface area contributed by atoms with Crippen LogP contribution in [0.4, 0.5) is 0 Å². The molecule has 0 spiro atoms. The van der Waals surface area contributed by atoms with E-state index in [-0.39, 0.29) is 0 Å². The number of allylic oxidation sites excluding steroid dienone is 3. The van der Waals surface area contributed by atoms with Gasteiger partial charge in [0.25, 0.3) is 0 Å². The van der Waals surface area contributed by atoms with Crippen LogP contribution in [0, 0.1) is 5.92 Å². The van der Waals surface area contributed by atoms with Crippen LogP contribution in [0.5, 0.6) is 0 Å². The topological polar surface area (TPSA) is 12.4 Å². The molecule has 0 amide bonds. The maximum atomic E-state index is 4.17. The first-order chi connectivity index (χ1) is 5.59. The third kappa shape index (κ3) is 4.12. The normalized spacial score (nSPS) is 11.8. The Morgan fingerprint density at radius 2 is 1.83 bits per heavy atom. The molecule has 0 aliphatic heterocycles. The molecule has 0 atom stereocenters. The summed E-state index contributed by atoms with van der Waals surface area (Å²) in [6.07, 6.45) is 5.69. The van der Waals surface area contributed by atoms with Crippen molar-refractivity contribution in [1.29, 1.82) is 0 Å². The highest BCUT2D eigenvalue weighted by Crippen LogP contribution is 2.11. The first-order valence-corrected chi connectivity index (χ1v) is 4.41. The summed E-state index contributed by atoms with van der Waals surface area (Å²) in [4.78, 5) is 4.17. The van der Waals surface area contributed by atoms with Crippen LogP contribution in [0.15, 0.2) is 28.4 Å². The van der Waals surface area contributed by atoms with Crippen molar-refractivity contribution in [2.75, 3.05) is 0 Å². The quantitative estimate of drug-likeness (QED) is 0.567. The molecule has 0 unspecified atom stereocenters. The van der Waals surface area contributed by atoms with Gasteiger partial charge in [-0.05, 0) is 32.3 Å². The summed E-state index contributed by atoms with van der Waals surface area (Å²) < 4.78 is 0. The van der Waals surface area contributed by atoms with E-state index < -0.39 is 0 Å². The van der Waals surface area contributed by atoms with Gasteiger partial charge in [-0.1, -0.05) is 25.5 Å². The van der Waals surface area contributed by atoms with Gasteiger partial charge in [-0.2, -0.15) is 0 Å². The lowest BCUT2D eigenvalue weighted by atomic mass is 10.0. The molecule has 0 aliphatic rings. The second kappa shape index (κ2) is 5.76. The molecule has 0 bridgehead atoms. The first-order valence-electron chi connectivity index (χ1n) is 4.41. The van der Waals surface area contributed by atoms with Gasteiger partial charge in [-0.3, -0.25) is 4.99 Å². The number of rotatable bonds is 3. The minimum atomic E-state index is 0.559. The molecule has 0 saturated carbocycles. The van der Waals surface area contributed by atoms with Gasteiger partial charge >= 0.3 is 0 Å². The average Bonchev–Trinajstić information content (AvgIpc) is 1.96. The molecule has 0 radical (unpaired) electrons. The minimum Gasteiger partial charge on any atom is -0.265 e. The van der Waals surface area contributed by atoms with Crippen molar-refractivity contribution in [1.82, 2.24) is 0 Å². The van der Waals surface area contributed by atoms with Crippen LogP contribution < -0.4 is 0 Å². The van der Waals surface area contributed by atoms with Gasteiger partial charge < -0.3 is 0 Å². The largest absolute Gasteiger partial charge is 0.265 e. The van der Waals surface area contributed by atoms with Gasteiger partial charge in [0.05, 0.1) is 0 Å². The Bertz CT molecular complexity index is 203. The van der Waals surface area contributed by atoms with E-state index in [9.17, 15) is 0 Å². The lowest BCUT2D eigenvalue weighted by Gasteiger charge is -2.07. The Balaban J connectivity index is 4.47. The molecule has 0 aliphatic carbocycles. The van der Waals surface area contributed by atoms with Crippen LogP contribution in [-0.2, 0) is 0 Å². The predicted octanol–water partition coefficient (Wildman–Crippen LogP) is 3.58. The Morgan fingerprint density at radius 3 is 2.17 bits per heavy atom. The number of nitrogens with zero attached hydrogens (tertiary/aromatic N) is 1. The molecule has 0 aromatic carbocycles. The number of hydrogen-bond donors (Lipinski definition) is 0. The Kier molecular flexibility index (Phi) is 5.35. The highest BCUT2D eigenvalue weighted by Gasteiger charge is 2.00. The summed E-state index contributed by atoms with van der Waals surface area (Å²) in [6.45, 7) is 10.6. The molecule has 68 valence electrons. The van der Waals surface area contributed by atoms with Crippen molar-refractivity contribution < 1.29 is 0 Å². The first kappa shape index (κ1) is 11.2.